The van der Waals surface area contributed by atoms with Crippen LogP contribution in [0.3, 0.4) is 0 Å². The molecule has 3 rings (SSSR count). The highest BCUT2D eigenvalue weighted by Gasteiger charge is 2.15. The summed E-state index contributed by atoms with van der Waals surface area (Å²) in [4.78, 5) is 1.38. The number of rotatable bonds is 6. The molecule has 1 unspecified atom stereocenters. The van der Waals surface area contributed by atoms with Crippen LogP contribution in [0.4, 0.5) is 0 Å². The lowest BCUT2D eigenvalue weighted by atomic mass is 10.1. The maximum absolute atomic E-state index is 5.97. The minimum absolute atomic E-state index is 0.288. The zero-order valence-electron chi connectivity index (χ0n) is 12.6. The fourth-order valence-corrected chi connectivity index (χ4v) is 4.06. The zero-order valence-corrected chi connectivity index (χ0v) is 13.4. The Hall–Kier alpha value is -0.940. The number of ether oxygens (including phenoxy) is 2. The van der Waals surface area contributed by atoms with Crippen LogP contribution in [0, 0.1) is 0 Å². The Balaban J connectivity index is 1.68. The highest BCUT2D eigenvalue weighted by atomic mass is 32.1. The van der Waals surface area contributed by atoms with Crippen LogP contribution in [0.1, 0.15) is 29.7 Å². The molecule has 0 spiro atoms. The molecule has 2 aromatic rings. The smallest absolute Gasteiger partial charge is 0.0808 e. The summed E-state index contributed by atoms with van der Waals surface area (Å²) < 4.78 is 13.0. The number of hydrogen-bond acceptors (Lipinski definition) is 4. The van der Waals surface area contributed by atoms with Crippen LogP contribution in [0.5, 0.6) is 0 Å². The number of benzene rings is 1. The molecule has 1 aliphatic heterocycles. The molecule has 4 heteroatoms. The van der Waals surface area contributed by atoms with Crippen molar-refractivity contribution in [3.8, 4) is 0 Å². The van der Waals surface area contributed by atoms with E-state index >= 15 is 0 Å². The van der Waals surface area contributed by atoms with E-state index in [1.807, 2.05) is 18.4 Å². The summed E-state index contributed by atoms with van der Waals surface area (Å²) >= 11 is 1.86. The van der Waals surface area contributed by atoms with E-state index in [1.165, 1.54) is 33.4 Å². The van der Waals surface area contributed by atoms with Gasteiger partial charge in [0.1, 0.15) is 0 Å². The summed E-state index contributed by atoms with van der Waals surface area (Å²) in [5.74, 6) is 0. The minimum atomic E-state index is 0.288. The van der Waals surface area contributed by atoms with Crippen LogP contribution in [0.2, 0.25) is 0 Å². The second kappa shape index (κ2) is 7.36. The van der Waals surface area contributed by atoms with E-state index in [4.69, 9.17) is 9.47 Å². The molecular weight excluding hydrogens is 282 g/mol. The third-order valence-electron chi connectivity index (χ3n) is 3.94. The van der Waals surface area contributed by atoms with E-state index in [-0.39, 0.29) is 6.10 Å². The molecule has 0 radical (unpaired) electrons. The third-order valence-corrected chi connectivity index (χ3v) is 5.16. The van der Waals surface area contributed by atoms with Crippen molar-refractivity contribution in [3.05, 3.63) is 34.7 Å². The lowest BCUT2D eigenvalue weighted by Gasteiger charge is -2.22. The first-order chi connectivity index (χ1) is 10.4. The maximum Gasteiger partial charge on any atom is 0.0808 e. The average Bonchev–Trinajstić information content (AvgIpc) is 2.87. The zero-order chi connectivity index (χ0) is 14.5. The van der Waals surface area contributed by atoms with Gasteiger partial charge >= 0.3 is 0 Å². The number of hydrogen-bond donors (Lipinski definition) is 1. The van der Waals surface area contributed by atoms with Crippen molar-refractivity contribution >= 4 is 21.4 Å². The topological polar surface area (TPSA) is 30.5 Å². The van der Waals surface area contributed by atoms with Crippen molar-refractivity contribution in [2.24, 2.45) is 0 Å². The van der Waals surface area contributed by atoms with Gasteiger partial charge in [0, 0.05) is 28.3 Å². The summed E-state index contributed by atoms with van der Waals surface area (Å²) in [6.07, 6.45) is 3.88. The lowest BCUT2D eigenvalue weighted by Crippen LogP contribution is -2.24. The Morgan fingerprint density at radius 3 is 3.05 bits per heavy atom. The second-order valence-corrected chi connectivity index (χ2v) is 6.67. The van der Waals surface area contributed by atoms with Gasteiger partial charge in [-0.2, -0.15) is 0 Å². The molecule has 1 aromatic heterocycles. The quantitative estimate of drug-likeness (QED) is 0.882. The van der Waals surface area contributed by atoms with Gasteiger partial charge < -0.3 is 14.8 Å². The van der Waals surface area contributed by atoms with Crippen LogP contribution < -0.4 is 5.32 Å². The first-order valence-corrected chi connectivity index (χ1v) is 8.53. The molecule has 1 atom stereocenters. The van der Waals surface area contributed by atoms with Crippen molar-refractivity contribution in [2.75, 3.05) is 20.3 Å². The van der Waals surface area contributed by atoms with Gasteiger partial charge in [-0.05, 0) is 37.8 Å². The fraction of sp³-hybridized carbons (Fsp3) is 0.529. The van der Waals surface area contributed by atoms with Crippen molar-refractivity contribution in [1.29, 1.82) is 0 Å². The van der Waals surface area contributed by atoms with E-state index in [0.29, 0.717) is 13.2 Å². The SMILES string of the molecule is CNCc1sc2ccccc2c1COCC1CCCCO1. The summed E-state index contributed by atoms with van der Waals surface area (Å²) in [6.45, 7) is 3.18. The molecule has 1 N–H and O–H groups in total. The predicted molar refractivity (Wildman–Crippen MR) is 87.8 cm³/mol. The summed E-state index contributed by atoms with van der Waals surface area (Å²) in [5.41, 5.74) is 1.33. The monoisotopic (exact) mass is 305 g/mol. The Kier molecular flexibility index (Phi) is 5.25. The van der Waals surface area contributed by atoms with Crippen LogP contribution in [-0.4, -0.2) is 26.4 Å². The molecule has 1 fully saturated rings. The summed E-state index contributed by atoms with van der Waals surface area (Å²) in [7, 11) is 1.99. The summed E-state index contributed by atoms with van der Waals surface area (Å²) in [5, 5.41) is 4.59. The van der Waals surface area contributed by atoms with Crippen LogP contribution in [-0.2, 0) is 22.6 Å². The Labute approximate surface area is 130 Å². The number of nitrogens with one attached hydrogen (secondary N) is 1. The molecule has 2 heterocycles. The van der Waals surface area contributed by atoms with Crippen molar-refractivity contribution < 1.29 is 9.47 Å². The third kappa shape index (κ3) is 3.64. The first-order valence-electron chi connectivity index (χ1n) is 7.71. The Morgan fingerprint density at radius 2 is 2.24 bits per heavy atom. The Morgan fingerprint density at radius 1 is 1.33 bits per heavy atom. The van der Waals surface area contributed by atoms with Crippen LogP contribution in [0.15, 0.2) is 24.3 Å². The summed E-state index contributed by atoms with van der Waals surface area (Å²) in [6, 6.07) is 8.59. The molecule has 21 heavy (non-hydrogen) atoms. The van der Waals surface area contributed by atoms with E-state index in [1.54, 1.807) is 0 Å². The first kappa shape index (κ1) is 15.0. The fourth-order valence-electron chi connectivity index (χ4n) is 2.84. The van der Waals surface area contributed by atoms with Crippen molar-refractivity contribution in [3.63, 3.8) is 0 Å². The molecule has 0 saturated carbocycles. The van der Waals surface area contributed by atoms with Gasteiger partial charge in [0.15, 0.2) is 0 Å². The molecular formula is C17H23NO2S. The molecule has 0 amide bonds. The molecule has 3 nitrogen and oxygen atoms in total. The van der Waals surface area contributed by atoms with E-state index < -0.39 is 0 Å². The van der Waals surface area contributed by atoms with Gasteiger partial charge in [-0.1, -0.05) is 18.2 Å². The lowest BCUT2D eigenvalue weighted by molar-refractivity contribution is -0.0446. The van der Waals surface area contributed by atoms with Gasteiger partial charge in [0.2, 0.25) is 0 Å². The van der Waals surface area contributed by atoms with E-state index in [0.717, 1.165) is 19.6 Å². The molecule has 1 saturated heterocycles. The normalized spacial score (nSPS) is 19.2. The number of fused-ring (bicyclic) bond motifs is 1. The standard InChI is InChI=1S/C17H23NO2S/c1-18-10-17-15(14-7-2-3-8-16(14)21-17)12-19-11-13-6-4-5-9-20-13/h2-3,7-8,13,18H,4-6,9-12H2,1H3. The molecule has 0 bridgehead atoms. The van der Waals surface area contributed by atoms with Gasteiger partial charge in [-0.3, -0.25) is 0 Å². The highest BCUT2D eigenvalue weighted by molar-refractivity contribution is 7.19. The number of thiophene rings is 1. The van der Waals surface area contributed by atoms with Gasteiger partial charge in [0.05, 0.1) is 19.3 Å². The molecule has 1 aliphatic rings. The van der Waals surface area contributed by atoms with Gasteiger partial charge in [0.25, 0.3) is 0 Å². The van der Waals surface area contributed by atoms with Crippen molar-refractivity contribution in [2.45, 2.75) is 38.5 Å². The second-order valence-electron chi connectivity index (χ2n) is 5.53. The maximum atomic E-state index is 5.97. The molecule has 0 aliphatic carbocycles. The predicted octanol–water partition coefficient (Wildman–Crippen LogP) is 3.71. The minimum Gasteiger partial charge on any atom is -0.376 e. The van der Waals surface area contributed by atoms with Crippen molar-refractivity contribution in [1.82, 2.24) is 5.32 Å². The van der Waals surface area contributed by atoms with Crippen LogP contribution >= 0.6 is 11.3 Å². The van der Waals surface area contributed by atoms with E-state index in [9.17, 15) is 0 Å². The molecule has 1 aromatic carbocycles. The average molecular weight is 305 g/mol. The highest BCUT2D eigenvalue weighted by Crippen LogP contribution is 2.32. The molecule has 114 valence electrons. The van der Waals surface area contributed by atoms with Gasteiger partial charge in [-0.25, -0.2) is 0 Å². The van der Waals surface area contributed by atoms with E-state index in [2.05, 4.69) is 29.6 Å². The Bertz CT molecular complexity index is 575. The van der Waals surface area contributed by atoms with Gasteiger partial charge in [-0.15, -0.1) is 11.3 Å². The largest absolute Gasteiger partial charge is 0.376 e. The van der Waals surface area contributed by atoms with Crippen LogP contribution in [0.25, 0.3) is 10.1 Å².